The molecule has 1 aromatic carbocycles. The van der Waals surface area contributed by atoms with Crippen molar-refractivity contribution in [1.82, 2.24) is 4.98 Å². The van der Waals surface area contributed by atoms with Crippen LogP contribution in [0, 0.1) is 0 Å². The van der Waals surface area contributed by atoms with Crippen molar-refractivity contribution in [2.45, 2.75) is 32.2 Å². The van der Waals surface area contributed by atoms with Gasteiger partial charge in [0.05, 0.1) is 25.3 Å². The van der Waals surface area contributed by atoms with Crippen LogP contribution in [-0.4, -0.2) is 29.9 Å². The monoisotopic (exact) mass is 301 g/mol. The van der Waals surface area contributed by atoms with E-state index < -0.39 is 5.97 Å². The van der Waals surface area contributed by atoms with Gasteiger partial charge in [-0.05, 0) is 18.6 Å². The second kappa shape index (κ2) is 6.32. The Hall–Kier alpha value is -2.14. The fraction of sp³-hybridized carbons (Fsp3) is 0.412. The first kappa shape index (κ1) is 14.8. The normalized spacial score (nSPS) is 17.2. The Bertz CT molecular complexity index is 705. The molecule has 0 radical (unpaired) electrons. The number of ether oxygens (including phenoxy) is 1. The van der Waals surface area contributed by atoms with Gasteiger partial charge >= 0.3 is 5.97 Å². The Morgan fingerprint density at radius 1 is 1.36 bits per heavy atom. The number of Topliss-reactive ketones (excluding diaryl/α,β-unsaturated/α-hetero) is 1. The number of hydrogen-bond acceptors (Lipinski definition) is 3. The number of para-hydroxylation sites is 1. The predicted octanol–water partition coefficient (Wildman–Crippen LogP) is 1.24. The Morgan fingerprint density at radius 2 is 2.18 bits per heavy atom. The number of esters is 1. The van der Waals surface area contributed by atoms with Gasteiger partial charge in [-0.1, -0.05) is 18.2 Å². The molecule has 116 valence electrons. The van der Waals surface area contributed by atoms with Crippen molar-refractivity contribution in [3.05, 3.63) is 35.5 Å². The average Bonchev–Trinajstić information content (AvgIpc) is 2.87. The van der Waals surface area contributed by atoms with E-state index in [2.05, 4.69) is 22.4 Å². The van der Waals surface area contributed by atoms with Crippen LogP contribution >= 0.6 is 0 Å². The Kier molecular flexibility index (Phi) is 4.24. The molecule has 5 nitrogen and oxygen atoms in total. The van der Waals surface area contributed by atoms with E-state index >= 15 is 0 Å². The molecular weight excluding hydrogens is 280 g/mol. The summed E-state index contributed by atoms with van der Waals surface area (Å²) in [5.74, 6) is -0.494. The molecule has 1 aliphatic heterocycles. The fourth-order valence-corrected chi connectivity index (χ4v) is 3.23. The van der Waals surface area contributed by atoms with Gasteiger partial charge in [0.15, 0.2) is 0 Å². The number of hydrogen-bond donors (Lipinski definition) is 2. The molecule has 22 heavy (non-hydrogen) atoms. The summed E-state index contributed by atoms with van der Waals surface area (Å²) in [7, 11) is 0. The van der Waals surface area contributed by atoms with Crippen LogP contribution < -0.4 is 5.32 Å². The summed E-state index contributed by atoms with van der Waals surface area (Å²) in [4.78, 5) is 27.0. The molecule has 1 aromatic heterocycles. The number of aromatic nitrogens is 1. The van der Waals surface area contributed by atoms with Gasteiger partial charge in [-0.25, -0.2) is 0 Å². The third-order valence-electron chi connectivity index (χ3n) is 4.16. The molecule has 2 aromatic rings. The predicted molar refractivity (Wildman–Crippen MR) is 82.4 cm³/mol. The number of quaternary nitrogens is 1. The van der Waals surface area contributed by atoms with Gasteiger partial charge in [-0.2, -0.15) is 0 Å². The van der Waals surface area contributed by atoms with E-state index in [4.69, 9.17) is 4.74 Å². The molecule has 5 heteroatoms. The molecular formula is C17H21N2O3+. The van der Waals surface area contributed by atoms with Crippen molar-refractivity contribution in [2.24, 2.45) is 0 Å². The summed E-state index contributed by atoms with van der Waals surface area (Å²) in [5.41, 5.74) is 3.56. The van der Waals surface area contributed by atoms with Gasteiger partial charge in [0, 0.05) is 17.3 Å². The molecule has 3 N–H and O–H groups in total. The Balaban J connectivity index is 1.77. The molecule has 0 saturated carbocycles. The van der Waals surface area contributed by atoms with Gasteiger partial charge in [0.2, 0.25) is 0 Å². The van der Waals surface area contributed by atoms with E-state index in [0.29, 0.717) is 13.0 Å². The van der Waals surface area contributed by atoms with Gasteiger partial charge in [-0.15, -0.1) is 0 Å². The number of carbonyl (C=O) groups excluding carboxylic acids is 2. The van der Waals surface area contributed by atoms with Crippen LogP contribution in [0.2, 0.25) is 0 Å². The highest BCUT2D eigenvalue weighted by molar-refractivity contribution is 5.96. The molecule has 1 aliphatic rings. The third kappa shape index (κ3) is 2.90. The minimum absolute atomic E-state index is 0.0637. The molecule has 0 amide bonds. The number of nitrogens with one attached hydrogen (secondary N) is 1. The maximum Gasteiger partial charge on any atom is 0.313 e. The Labute approximate surface area is 129 Å². The van der Waals surface area contributed by atoms with Crippen LogP contribution in [0.15, 0.2) is 24.3 Å². The van der Waals surface area contributed by atoms with E-state index in [9.17, 15) is 9.59 Å². The average molecular weight is 301 g/mol. The summed E-state index contributed by atoms with van der Waals surface area (Å²) in [6.07, 6.45) is 1.23. The van der Waals surface area contributed by atoms with Crippen LogP contribution in [0.4, 0.5) is 0 Å². The molecule has 0 aliphatic carbocycles. The topological polar surface area (TPSA) is 75.8 Å². The molecule has 2 heterocycles. The first-order valence-electron chi connectivity index (χ1n) is 7.79. The van der Waals surface area contributed by atoms with Crippen LogP contribution in [0.25, 0.3) is 10.9 Å². The van der Waals surface area contributed by atoms with Crippen molar-refractivity contribution in [3.8, 4) is 0 Å². The lowest BCUT2D eigenvalue weighted by Gasteiger charge is -2.20. The molecule has 1 atom stereocenters. The zero-order valence-electron chi connectivity index (χ0n) is 12.7. The number of benzene rings is 1. The molecule has 1 unspecified atom stereocenters. The van der Waals surface area contributed by atoms with E-state index in [1.54, 1.807) is 6.92 Å². The quantitative estimate of drug-likeness (QED) is 0.644. The standard InChI is InChI=1S/C17H20N2O3/c1-2-22-16(21)10-11(20)9-15-17-13(7-8-18-15)12-5-3-4-6-14(12)19-17/h3-6,15,18-19H,2,7-10H2,1H3/p+1. The lowest BCUT2D eigenvalue weighted by Crippen LogP contribution is -2.87. The number of ketones is 1. The summed E-state index contributed by atoms with van der Waals surface area (Å²) < 4.78 is 4.84. The van der Waals surface area contributed by atoms with Gasteiger partial charge in [0.25, 0.3) is 0 Å². The van der Waals surface area contributed by atoms with Crippen LogP contribution in [-0.2, 0) is 20.7 Å². The van der Waals surface area contributed by atoms with Gasteiger partial charge in [-0.3, -0.25) is 9.59 Å². The van der Waals surface area contributed by atoms with E-state index in [0.717, 1.165) is 24.2 Å². The third-order valence-corrected chi connectivity index (χ3v) is 4.16. The minimum atomic E-state index is -0.430. The maximum absolute atomic E-state index is 12.1. The van der Waals surface area contributed by atoms with Crippen LogP contribution in [0.1, 0.15) is 37.1 Å². The molecule has 0 spiro atoms. The van der Waals surface area contributed by atoms with Gasteiger partial charge < -0.3 is 15.0 Å². The molecule has 0 saturated heterocycles. The molecule has 0 bridgehead atoms. The lowest BCUT2D eigenvalue weighted by molar-refractivity contribution is -0.698. The van der Waals surface area contributed by atoms with Crippen molar-refractivity contribution >= 4 is 22.7 Å². The smallest absolute Gasteiger partial charge is 0.313 e. The lowest BCUT2D eigenvalue weighted by atomic mass is 9.95. The summed E-state index contributed by atoms with van der Waals surface area (Å²) in [6.45, 7) is 3.02. The van der Waals surface area contributed by atoms with E-state index in [1.807, 2.05) is 12.1 Å². The van der Waals surface area contributed by atoms with Crippen molar-refractivity contribution in [2.75, 3.05) is 13.2 Å². The number of fused-ring (bicyclic) bond motifs is 3. The number of H-pyrrole nitrogens is 1. The highest BCUT2D eigenvalue weighted by atomic mass is 16.5. The van der Waals surface area contributed by atoms with E-state index in [-0.39, 0.29) is 18.2 Å². The van der Waals surface area contributed by atoms with Crippen LogP contribution in [0.5, 0.6) is 0 Å². The fourth-order valence-electron chi connectivity index (χ4n) is 3.23. The summed E-state index contributed by atoms with van der Waals surface area (Å²) in [5, 5.41) is 3.43. The highest BCUT2D eigenvalue weighted by Gasteiger charge is 2.29. The molecule has 0 fully saturated rings. The maximum atomic E-state index is 12.1. The largest absolute Gasteiger partial charge is 0.466 e. The van der Waals surface area contributed by atoms with Gasteiger partial charge in [0.1, 0.15) is 18.2 Å². The van der Waals surface area contributed by atoms with Crippen molar-refractivity contribution < 1.29 is 19.6 Å². The second-order valence-corrected chi connectivity index (χ2v) is 5.67. The molecule has 3 rings (SSSR count). The first-order chi connectivity index (χ1) is 10.7. The second-order valence-electron chi connectivity index (χ2n) is 5.67. The summed E-state index contributed by atoms with van der Waals surface area (Å²) >= 11 is 0. The first-order valence-corrected chi connectivity index (χ1v) is 7.79. The number of carbonyl (C=O) groups is 2. The summed E-state index contributed by atoms with van der Waals surface area (Å²) in [6, 6.07) is 8.29. The zero-order chi connectivity index (χ0) is 15.5. The van der Waals surface area contributed by atoms with Crippen molar-refractivity contribution in [1.29, 1.82) is 0 Å². The number of nitrogens with two attached hydrogens (primary N) is 1. The van der Waals surface area contributed by atoms with E-state index in [1.165, 1.54) is 10.9 Å². The number of aromatic amines is 1. The van der Waals surface area contributed by atoms with Crippen molar-refractivity contribution in [3.63, 3.8) is 0 Å². The van der Waals surface area contributed by atoms with Crippen LogP contribution in [0.3, 0.4) is 0 Å². The number of rotatable bonds is 5. The minimum Gasteiger partial charge on any atom is -0.466 e. The highest BCUT2D eigenvalue weighted by Crippen LogP contribution is 2.29. The zero-order valence-corrected chi connectivity index (χ0v) is 12.7. The SMILES string of the molecule is CCOC(=O)CC(=O)CC1[NH2+]CCc2c1[nH]c1ccccc21. The Morgan fingerprint density at radius 3 is 3.00 bits per heavy atom.